The molecule has 0 bridgehead atoms. The van der Waals surface area contributed by atoms with Gasteiger partial charge in [0.15, 0.2) is 0 Å². The number of carbonyl (C=O) groups excluding carboxylic acids is 3. The molecule has 2 aromatic rings. The number of nitrogens with zero attached hydrogens (tertiary/aromatic N) is 2. The van der Waals surface area contributed by atoms with Crippen LogP contribution in [0.4, 0.5) is 0 Å². The maximum Gasteiger partial charge on any atom is 0.338 e. The molecule has 45 heavy (non-hydrogen) atoms. The van der Waals surface area contributed by atoms with Gasteiger partial charge in [-0.2, -0.15) is 0 Å². The van der Waals surface area contributed by atoms with Crippen LogP contribution in [-0.4, -0.2) is 80.2 Å². The van der Waals surface area contributed by atoms with Gasteiger partial charge in [-0.3, -0.25) is 14.5 Å². The molecule has 3 rings (SSSR count). The number of hydrogen-bond acceptors (Lipinski definition) is 7. The third-order valence-electron chi connectivity index (χ3n) is 8.13. The van der Waals surface area contributed by atoms with Gasteiger partial charge in [-0.05, 0) is 88.6 Å². The van der Waals surface area contributed by atoms with Gasteiger partial charge in [0.1, 0.15) is 5.75 Å². The monoisotopic (exact) mass is 620 g/mol. The van der Waals surface area contributed by atoms with Gasteiger partial charge in [-0.1, -0.05) is 48.9 Å². The average Bonchev–Trinajstić information content (AvgIpc) is 3.04. The fourth-order valence-electron chi connectivity index (χ4n) is 5.54. The van der Waals surface area contributed by atoms with E-state index in [1.54, 1.807) is 13.8 Å². The molecule has 1 atom stereocenters. The number of benzene rings is 2. The summed E-state index contributed by atoms with van der Waals surface area (Å²) >= 11 is 0. The minimum Gasteiger partial charge on any atom is -0.493 e. The highest BCUT2D eigenvalue weighted by molar-refractivity contribution is 5.89. The van der Waals surface area contributed by atoms with E-state index >= 15 is 0 Å². The van der Waals surface area contributed by atoms with Crippen LogP contribution in [0.2, 0.25) is 0 Å². The number of amides is 1. The van der Waals surface area contributed by atoms with Crippen LogP contribution < -0.4 is 4.74 Å². The lowest BCUT2D eigenvalue weighted by molar-refractivity contribution is -0.143. The Morgan fingerprint density at radius 2 is 1.58 bits per heavy atom. The van der Waals surface area contributed by atoms with Crippen molar-refractivity contribution < 1.29 is 28.6 Å². The molecule has 8 nitrogen and oxygen atoms in total. The molecule has 0 spiro atoms. The Morgan fingerprint density at radius 1 is 0.844 bits per heavy atom. The Balaban J connectivity index is 1.52. The van der Waals surface area contributed by atoms with Crippen LogP contribution in [0.25, 0.3) is 6.08 Å². The second kappa shape index (κ2) is 20.4. The van der Waals surface area contributed by atoms with Crippen molar-refractivity contribution in [3.63, 3.8) is 0 Å². The summed E-state index contributed by atoms with van der Waals surface area (Å²) in [6.45, 7) is 11.4. The molecule has 1 unspecified atom stereocenters. The molecule has 1 saturated heterocycles. The Morgan fingerprint density at radius 3 is 2.29 bits per heavy atom. The predicted octanol–water partition coefficient (Wildman–Crippen LogP) is 6.57. The zero-order valence-electron chi connectivity index (χ0n) is 27.5. The van der Waals surface area contributed by atoms with Crippen LogP contribution in [0.1, 0.15) is 87.2 Å². The van der Waals surface area contributed by atoms with Gasteiger partial charge in [0.05, 0.1) is 25.4 Å². The number of ether oxygens (including phenoxy) is 3. The van der Waals surface area contributed by atoms with Crippen LogP contribution in [-0.2, 0) is 25.5 Å². The molecular formula is C37H52N2O6. The summed E-state index contributed by atoms with van der Waals surface area (Å²) in [6.07, 6.45) is 11.5. The lowest BCUT2D eigenvalue weighted by Gasteiger charge is -2.34. The first-order valence-corrected chi connectivity index (χ1v) is 16.7. The molecule has 1 amide bonds. The number of piperazine rings is 1. The molecular weight excluding hydrogens is 568 g/mol. The van der Waals surface area contributed by atoms with E-state index in [0.717, 1.165) is 94.5 Å². The standard InChI is InChI=1S/C37H52N2O6/c1-4-43-36(41)16-10-7-13-31(29-32-18-21-34(22-19-32)37(42)44-5-2)17-20-33-14-8-9-15-35(33)45-28-12-6-11-23-38-24-26-39(27-25-38)30(3)40/h8-9,14-15,17-22,31H,4-7,10-13,16,23-29H2,1-3H3/b20-17+. The minimum absolute atomic E-state index is 0.141. The number of carbonyl (C=O) groups is 3. The highest BCUT2D eigenvalue weighted by Crippen LogP contribution is 2.24. The van der Waals surface area contributed by atoms with Gasteiger partial charge in [0.2, 0.25) is 5.91 Å². The Hall–Kier alpha value is -3.65. The molecule has 0 radical (unpaired) electrons. The van der Waals surface area contributed by atoms with Crippen molar-refractivity contribution in [3.8, 4) is 5.75 Å². The van der Waals surface area contributed by atoms with Gasteiger partial charge >= 0.3 is 11.9 Å². The first kappa shape index (κ1) is 35.8. The number of unbranched alkanes of at least 4 members (excludes halogenated alkanes) is 3. The molecule has 1 heterocycles. The third-order valence-corrected chi connectivity index (χ3v) is 8.13. The van der Waals surface area contributed by atoms with Crippen LogP contribution in [0.5, 0.6) is 5.75 Å². The maximum absolute atomic E-state index is 12.1. The van der Waals surface area contributed by atoms with Gasteiger partial charge in [-0.25, -0.2) is 4.79 Å². The van der Waals surface area contributed by atoms with Crippen molar-refractivity contribution in [3.05, 3.63) is 71.3 Å². The quantitative estimate of drug-likeness (QED) is 0.130. The fourth-order valence-corrected chi connectivity index (χ4v) is 5.54. The van der Waals surface area contributed by atoms with Gasteiger partial charge in [0.25, 0.3) is 0 Å². The van der Waals surface area contributed by atoms with E-state index in [4.69, 9.17) is 14.2 Å². The number of esters is 2. The first-order chi connectivity index (χ1) is 21.9. The summed E-state index contributed by atoms with van der Waals surface area (Å²) in [5.41, 5.74) is 2.75. The SMILES string of the molecule is CCOC(=O)CCCCC(/C=C/c1ccccc1OCCCCCN1CCN(C(C)=O)CC1)Cc1ccc(C(=O)OCC)cc1. The van der Waals surface area contributed by atoms with Crippen LogP contribution in [0.15, 0.2) is 54.6 Å². The van der Waals surface area contributed by atoms with Crippen molar-refractivity contribution >= 4 is 23.9 Å². The second-order valence-electron chi connectivity index (χ2n) is 11.6. The highest BCUT2D eigenvalue weighted by atomic mass is 16.5. The number of hydrogen-bond donors (Lipinski definition) is 0. The minimum atomic E-state index is -0.305. The Labute approximate surface area is 269 Å². The van der Waals surface area contributed by atoms with Crippen LogP contribution >= 0.6 is 0 Å². The number of rotatable bonds is 19. The van der Waals surface area contributed by atoms with E-state index in [0.29, 0.717) is 31.8 Å². The van der Waals surface area contributed by atoms with E-state index in [1.165, 1.54) is 0 Å². The number of allylic oxidation sites excluding steroid dienone is 1. The van der Waals surface area contributed by atoms with E-state index in [1.807, 2.05) is 54.3 Å². The average molecular weight is 621 g/mol. The first-order valence-electron chi connectivity index (χ1n) is 16.7. The molecule has 246 valence electrons. The lowest BCUT2D eigenvalue weighted by Crippen LogP contribution is -2.48. The summed E-state index contributed by atoms with van der Waals surface area (Å²) in [4.78, 5) is 39.8. The van der Waals surface area contributed by atoms with Gasteiger partial charge < -0.3 is 19.1 Å². The number of para-hydroxylation sites is 1. The molecule has 0 saturated carbocycles. The Bertz CT molecular complexity index is 1200. The second-order valence-corrected chi connectivity index (χ2v) is 11.6. The van der Waals surface area contributed by atoms with Crippen molar-refractivity contribution in [2.75, 3.05) is 52.5 Å². The topological polar surface area (TPSA) is 85.4 Å². The van der Waals surface area contributed by atoms with Gasteiger partial charge in [0, 0.05) is 45.1 Å². The summed E-state index contributed by atoms with van der Waals surface area (Å²) in [5, 5.41) is 0. The zero-order chi connectivity index (χ0) is 32.3. The molecule has 1 fully saturated rings. The van der Waals surface area contributed by atoms with E-state index in [2.05, 4.69) is 23.1 Å². The maximum atomic E-state index is 12.1. The summed E-state index contributed by atoms with van der Waals surface area (Å²) in [5.74, 6) is 0.864. The van der Waals surface area contributed by atoms with Crippen molar-refractivity contribution in [1.29, 1.82) is 0 Å². The van der Waals surface area contributed by atoms with E-state index < -0.39 is 0 Å². The largest absolute Gasteiger partial charge is 0.493 e. The Kier molecular flexibility index (Phi) is 16.2. The van der Waals surface area contributed by atoms with E-state index in [9.17, 15) is 14.4 Å². The van der Waals surface area contributed by atoms with Crippen molar-refractivity contribution in [2.24, 2.45) is 5.92 Å². The lowest BCUT2D eigenvalue weighted by atomic mass is 9.92. The zero-order valence-corrected chi connectivity index (χ0v) is 27.5. The highest BCUT2D eigenvalue weighted by Gasteiger charge is 2.18. The molecule has 8 heteroatoms. The van der Waals surface area contributed by atoms with E-state index in [-0.39, 0.29) is 23.8 Å². The van der Waals surface area contributed by atoms with Crippen molar-refractivity contribution in [2.45, 2.75) is 72.1 Å². The predicted molar refractivity (Wildman–Crippen MR) is 178 cm³/mol. The normalized spacial score (nSPS) is 14.3. The summed E-state index contributed by atoms with van der Waals surface area (Å²) in [7, 11) is 0. The third kappa shape index (κ3) is 13.5. The smallest absolute Gasteiger partial charge is 0.338 e. The van der Waals surface area contributed by atoms with Crippen LogP contribution in [0, 0.1) is 5.92 Å². The molecule has 0 aliphatic carbocycles. The fraction of sp³-hybridized carbons (Fsp3) is 0.541. The molecule has 0 N–H and O–H groups in total. The molecule has 0 aromatic heterocycles. The summed E-state index contributed by atoms with van der Waals surface area (Å²) < 4.78 is 16.4. The van der Waals surface area contributed by atoms with Crippen molar-refractivity contribution in [1.82, 2.24) is 9.80 Å². The summed E-state index contributed by atoms with van der Waals surface area (Å²) in [6, 6.07) is 15.8. The molecule has 1 aliphatic rings. The molecule has 2 aromatic carbocycles. The van der Waals surface area contributed by atoms with Gasteiger partial charge in [-0.15, -0.1) is 0 Å². The van der Waals surface area contributed by atoms with Crippen LogP contribution in [0.3, 0.4) is 0 Å². The molecule has 1 aliphatic heterocycles.